The molecule has 23 heavy (non-hydrogen) atoms. The Morgan fingerprint density at radius 2 is 2.09 bits per heavy atom. The highest BCUT2D eigenvalue weighted by molar-refractivity contribution is 7.99. The highest BCUT2D eigenvalue weighted by Gasteiger charge is 2.40. The minimum Gasteiger partial charge on any atom is -0.379 e. The van der Waals surface area contributed by atoms with Crippen LogP contribution < -0.4 is 10.6 Å². The molecular weight excluding hydrogens is 310 g/mol. The molecule has 1 atom stereocenters. The number of carbonyl (C=O) groups is 1. The average molecular weight is 342 g/mol. The molecule has 3 aliphatic heterocycles. The molecular formula is C17H31N3O2S. The van der Waals surface area contributed by atoms with Gasteiger partial charge in [-0.1, -0.05) is 0 Å². The van der Waals surface area contributed by atoms with E-state index in [4.69, 9.17) is 4.74 Å². The predicted molar refractivity (Wildman–Crippen MR) is 94.9 cm³/mol. The lowest BCUT2D eigenvalue weighted by Gasteiger charge is -2.43. The van der Waals surface area contributed by atoms with Crippen LogP contribution in [0.1, 0.15) is 32.1 Å². The molecule has 1 amide bonds. The molecule has 0 aromatic rings. The van der Waals surface area contributed by atoms with Gasteiger partial charge < -0.3 is 15.4 Å². The fourth-order valence-electron chi connectivity index (χ4n) is 3.99. The van der Waals surface area contributed by atoms with Crippen molar-refractivity contribution in [2.45, 2.75) is 37.6 Å². The van der Waals surface area contributed by atoms with Crippen LogP contribution in [0, 0.1) is 5.92 Å². The quantitative estimate of drug-likeness (QED) is 0.757. The molecule has 0 radical (unpaired) electrons. The number of rotatable bonds is 6. The molecule has 0 saturated carbocycles. The Kier molecular flexibility index (Phi) is 6.62. The van der Waals surface area contributed by atoms with Gasteiger partial charge in [0.2, 0.25) is 5.91 Å². The van der Waals surface area contributed by atoms with Gasteiger partial charge in [-0.15, -0.1) is 0 Å². The first-order chi connectivity index (χ1) is 11.3. The molecule has 6 heteroatoms. The molecule has 0 bridgehead atoms. The van der Waals surface area contributed by atoms with Crippen LogP contribution in [0.2, 0.25) is 0 Å². The van der Waals surface area contributed by atoms with Gasteiger partial charge in [0, 0.05) is 37.3 Å². The van der Waals surface area contributed by atoms with Crippen molar-refractivity contribution in [1.29, 1.82) is 0 Å². The summed E-state index contributed by atoms with van der Waals surface area (Å²) in [5.74, 6) is 3.33. The second-order valence-electron chi connectivity index (χ2n) is 7.14. The van der Waals surface area contributed by atoms with Crippen LogP contribution in [0.25, 0.3) is 0 Å². The van der Waals surface area contributed by atoms with Crippen molar-refractivity contribution in [2.75, 3.05) is 57.4 Å². The number of nitrogens with zero attached hydrogens (tertiary/aromatic N) is 1. The molecule has 0 aliphatic carbocycles. The maximum atomic E-state index is 12.3. The van der Waals surface area contributed by atoms with Crippen LogP contribution >= 0.6 is 11.8 Å². The van der Waals surface area contributed by atoms with E-state index < -0.39 is 0 Å². The van der Waals surface area contributed by atoms with E-state index in [0.717, 1.165) is 64.0 Å². The molecule has 0 aromatic heterocycles. The highest BCUT2D eigenvalue weighted by atomic mass is 32.2. The number of ether oxygens (including phenoxy) is 1. The first kappa shape index (κ1) is 17.5. The predicted octanol–water partition coefficient (Wildman–Crippen LogP) is 1.09. The third kappa shape index (κ3) is 4.84. The number of hydrogen-bond acceptors (Lipinski definition) is 5. The summed E-state index contributed by atoms with van der Waals surface area (Å²) in [5.41, 5.74) is 0.166. The number of piperidine rings is 1. The molecule has 0 aromatic carbocycles. The van der Waals surface area contributed by atoms with E-state index in [0.29, 0.717) is 6.42 Å². The maximum absolute atomic E-state index is 12.3. The Morgan fingerprint density at radius 1 is 1.30 bits per heavy atom. The largest absolute Gasteiger partial charge is 0.379 e. The molecule has 2 N–H and O–H groups in total. The zero-order valence-electron chi connectivity index (χ0n) is 14.1. The van der Waals surface area contributed by atoms with Gasteiger partial charge in [0.1, 0.15) is 0 Å². The summed E-state index contributed by atoms with van der Waals surface area (Å²) in [4.78, 5) is 14.8. The van der Waals surface area contributed by atoms with Crippen molar-refractivity contribution < 1.29 is 9.53 Å². The molecule has 3 saturated heterocycles. The topological polar surface area (TPSA) is 53.6 Å². The van der Waals surface area contributed by atoms with Gasteiger partial charge in [-0.05, 0) is 50.4 Å². The number of nitrogens with one attached hydrogen (secondary N) is 2. The van der Waals surface area contributed by atoms with E-state index in [1.165, 1.54) is 25.0 Å². The Hall–Kier alpha value is -0.300. The van der Waals surface area contributed by atoms with Crippen molar-refractivity contribution in [1.82, 2.24) is 15.5 Å². The highest BCUT2D eigenvalue weighted by Crippen LogP contribution is 2.33. The smallest absolute Gasteiger partial charge is 0.220 e. The second kappa shape index (κ2) is 8.70. The standard InChI is InChI=1S/C17H31N3O2S/c21-16(2-1-15-3-6-18-7-4-15)19-13-17(5-12-23-14-17)20-8-10-22-11-9-20/h15,18H,1-14H2,(H,19,21). The van der Waals surface area contributed by atoms with Crippen LogP contribution in [-0.4, -0.2) is 73.8 Å². The van der Waals surface area contributed by atoms with Crippen molar-refractivity contribution in [3.8, 4) is 0 Å². The summed E-state index contributed by atoms with van der Waals surface area (Å²) in [6.07, 6.45) is 5.37. The lowest BCUT2D eigenvalue weighted by Crippen LogP contribution is -2.59. The van der Waals surface area contributed by atoms with Crippen molar-refractivity contribution in [3.63, 3.8) is 0 Å². The number of thioether (sulfide) groups is 1. The van der Waals surface area contributed by atoms with Crippen LogP contribution in [0.4, 0.5) is 0 Å². The van der Waals surface area contributed by atoms with Crippen LogP contribution in [0.15, 0.2) is 0 Å². The number of carbonyl (C=O) groups excluding carboxylic acids is 1. The van der Waals surface area contributed by atoms with E-state index in [2.05, 4.69) is 15.5 Å². The molecule has 0 spiro atoms. The number of hydrogen-bond donors (Lipinski definition) is 2. The monoisotopic (exact) mass is 341 g/mol. The van der Waals surface area contributed by atoms with E-state index in [1.54, 1.807) is 0 Å². The van der Waals surface area contributed by atoms with E-state index >= 15 is 0 Å². The van der Waals surface area contributed by atoms with Crippen LogP contribution in [-0.2, 0) is 9.53 Å². The van der Waals surface area contributed by atoms with E-state index in [1.807, 2.05) is 11.8 Å². The van der Waals surface area contributed by atoms with Crippen molar-refractivity contribution in [2.24, 2.45) is 5.92 Å². The zero-order valence-corrected chi connectivity index (χ0v) is 15.0. The van der Waals surface area contributed by atoms with Gasteiger partial charge in [-0.3, -0.25) is 9.69 Å². The summed E-state index contributed by atoms with van der Waals surface area (Å²) in [5, 5.41) is 6.64. The minimum atomic E-state index is 0.166. The first-order valence-corrected chi connectivity index (χ1v) is 10.3. The lowest BCUT2D eigenvalue weighted by molar-refractivity contribution is -0.122. The molecule has 5 nitrogen and oxygen atoms in total. The SMILES string of the molecule is O=C(CCC1CCNCC1)NCC1(N2CCOCC2)CCSC1. The number of amides is 1. The third-order valence-electron chi connectivity index (χ3n) is 5.62. The zero-order chi connectivity index (χ0) is 16.0. The summed E-state index contributed by atoms with van der Waals surface area (Å²) >= 11 is 2.02. The molecule has 132 valence electrons. The van der Waals surface area contributed by atoms with Gasteiger partial charge in [0.05, 0.1) is 13.2 Å². The summed E-state index contributed by atoms with van der Waals surface area (Å²) in [7, 11) is 0. The van der Waals surface area contributed by atoms with Gasteiger partial charge in [-0.25, -0.2) is 0 Å². The molecule has 1 unspecified atom stereocenters. The maximum Gasteiger partial charge on any atom is 0.220 e. The third-order valence-corrected chi connectivity index (χ3v) is 6.85. The van der Waals surface area contributed by atoms with Gasteiger partial charge >= 0.3 is 0 Å². The Bertz CT molecular complexity index is 376. The lowest BCUT2D eigenvalue weighted by atomic mass is 9.92. The van der Waals surface area contributed by atoms with Crippen molar-refractivity contribution in [3.05, 3.63) is 0 Å². The molecule has 3 heterocycles. The minimum absolute atomic E-state index is 0.166. The van der Waals surface area contributed by atoms with Crippen molar-refractivity contribution >= 4 is 17.7 Å². The van der Waals surface area contributed by atoms with Gasteiger partial charge in [0.15, 0.2) is 0 Å². The number of morpholine rings is 1. The molecule has 3 rings (SSSR count). The first-order valence-electron chi connectivity index (χ1n) is 9.16. The van der Waals surface area contributed by atoms with E-state index in [9.17, 15) is 4.79 Å². The summed E-state index contributed by atoms with van der Waals surface area (Å²) in [6, 6.07) is 0. The van der Waals surface area contributed by atoms with E-state index in [-0.39, 0.29) is 11.4 Å². The fourth-order valence-corrected chi connectivity index (χ4v) is 5.47. The fraction of sp³-hybridized carbons (Fsp3) is 0.941. The summed E-state index contributed by atoms with van der Waals surface area (Å²) in [6.45, 7) is 6.71. The molecule has 3 fully saturated rings. The molecule has 3 aliphatic rings. The van der Waals surface area contributed by atoms with Crippen LogP contribution in [0.5, 0.6) is 0 Å². The average Bonchev–Trinajstić information content (AvgIpc) is 3.10. The Balaban J connectivity index is 1.43. The second-order valence-corrected chi connectivity index (χ2v) is 8.24. The van der Waals surface area contributed by atoms with Crippen LogP contribution in [0.3, 0.4) is 0 Å². The van der Waals surface area contributed by atoms with Gasteiger partial charge in [0.25, 0.3) is 0 Å². The normalized spacial score (nSPS) is 30.4. The van der Waals surface area contributed by atoms with Gasteiger partial charge in [-0.2, -0.15) is 11.8 Å². The summed E-state index contributed by atoms with van der Waals surface area (Å²) < 4.78 is 5.49. The Labute approximate surface area is 144 Å². The Morgan fingerprint density at radius 3 is 2.78 bits per heavy atom.